The Morgan fingerprint density at radius 1 is 0.967 bits per heavy atom. The lowest BCUT2D eigenvalue weighted by atomic mass is 9.63. The van der Waals surface area contributed by atoms with E-state index in [2.05, 4.69) is 12.2 Å². The van der Waals surface area contributed by atoms with Crippen molar-refractivity contribution in [2.75, 3.05) is 0 Å². The summed E-state index contributed by atoms with van der Waals surface area (Å²) in [7, 11) is 0. The van der Waals surface area contributed by atoms with Gasteiger partial charge in [-0.15, -0.1) is 0 Å². The Balaban J connectivity index is 1.29. The molecule has 5 aliphatic rings. The van der Waals surface area contributed by atoms with E-state index >= 15 is 0 Å². The summed E-state index contributed by atoms with van der Waals surface area (Å²) in [5, 5.41) is 0. The predicted molar refractivity (Wildman–Crippen MR) is 107 cm³/mol. The smallest absolute Gasteiger partial charge is 0.329 e. The highest BCUT2D eigenvalue weighted by Gasteiger charge is 2.67. The molecule has 2 saturated carbocycles. The monoisotopic (exact) mass is 407 g/mol. The van der Waals surface area contributed by atoms with Gasteiger partial charge in [-0.1, -0.05) is 42.0 Å². The molecule has 2 bridgehead atoms. The number of Topliss-reactive ketones (excluding diaryl/α,β-unsaturated/α-hetero) is 1. The molecule has 8 atom stereocenters. The van der Waals surface area contributed by atoms with Crippen LogP contribution in [0.25, 0.3) is 0 Å². The molecule has 1 aromatic rings. The number of hydrogen-bond acceptors (Lipinski definition) is 5. The molecule has 0 aromatic heterocycles. The molecule has 1 aliphatic heterocycles. The van der Waals surface area contributed by atoms with E-state index in [0.717, 1.165) is 16.9 Å². The van der Waals surface area contributed by atoms with Crippen LogP contribution in [0.5, 0.6) is 0 Å². The van der Waals surface area contributed by atoms with Gasteiger partial charge in [0.15, 0.2) is 6.10 Å². The average Bonchev–Trinajstić information content (AvgIpc) is 3.51. The lowest BCUT2D eigenvalue weighted by molar-refractivity contribution is -0.160. The fraction of sp³-hybridized carbons (Fsp3) is 0.500. The Morgan fingerprint density at radius 3 is 2.03 bits per heavy atom. The minimum absolute atomic E-state index is 0.108. The molecule has 1 heterocycles. The van der Waals surface area contributed by atoms with Crippen molar-refractivity contribution in [2.45, 2.75) is 39.3 Å². The fourth-order valence-electron chi connectivity index (χ4n) is 5.75. The molecule has 30 heavy (non-hydrogen) atoms. The number of hydrogen-bond donors (Lipinski definition) is 0. The van der Waals surface area contributed by atoms with Crippen molar-refractivity contribution in [3.63, 3.8) is 0 Å². The second-order valence-electron chi connectivity index (χ2n) is 9.19. The zero-order valence-electron chi connectivity index (χ0n) is 17.3. The molecular weight excluding hydrogens is 382 g/mol. The van der Waals surface area contributed by atoms with Crippen molar-refractivity contribution < 1.29 is 23.9 Å². The first-order valence-corrected chi connectivity index (χ1v) is 10.7. The highest BCUT2D eigenvalue weighted by Crippen LogP contribution is 2.65. The first-order valence-electron chi connectivity index (χ1n) is 10.7. The maximum absolute atomic E-state index is 13.1. The number of amides is 2. The number of carbonyl (C=O) groups is 4. The number of rotatable bonds is 5. The predicted octanol–water partition coefficient (Wildman–Crippen LogP) is 2.55. The van der Waals surface area contributed by atoms with E-state index in [1.165, 1.54) is 13.8 Å². The second-order valence-corrected chi connectivity index (χ2v) is 9.19. The Morgan fingerprint density at radius 2 is 1.50 bits per heavy atom. The molecule has 0 spiro atoms. The van der Waals surface area contributed by atoms with Crippen LogP contribution in [0, 0.1) is 42.4 Å². The summed E-state index contributed by atoms with van der Waals surface area (Å²) in [5.41, 5.74) is 1.48. The molecule has 3 fully saturated rings. The lowest BCUT2D eigenvalue weighted by Crippen LogP contribution is -2.46. The van der Waals surface area contributed by atoms with Gasteiger partial charge in [0.05, 0.1) is 11.8 Å². The van der Waals surface area contributed by atoms with Gasteiger partial charge in [0.25, 0.3) is 0 Å². The molecule has 1 aromatic carbocycles. The third-order valence-electron chi connectivity index (χ3n) is 7.42. The Hall–Kier alpha value is -2.76. The van der Waals surface area contributed by atoms with Gasteiger partial charge >= 0.3 is 5.97 Å². The van der Waals surface area contributed by atoms with Crippen LogP contribution in [0.15, 0.2) is 36.4 Å². The quantitative estimate of drug-likeness (QED) is 0.324. The molecule has 0 unspecified atom stereocenters. The topological polar surface area (TPSA) is 80.8 Å². The highest BCUT2D eigenvalue weighted by molar-refractivity contribution is 6.09. The highest BCUT2D eigenvalue weighted by atomic mass is 16.5. The van der Waals surface area contributed by atoms with Gasteiger partial charge in [-0.05, 0) is 50.9 Å². The van der Waals surface area contributed by atoms with Crippen LogP contribution in [0.1, 0.15) is 36.2 Å². The SMILES string of the molecule is Cc1ccc(C(=O)[C@@H](C)OC(=O)[C@H](C)N2C(=O)[C@@H]3[C@@H]4C=C[C@H]([C@H]5C[C@H]45)[C@@H]3C2=O)cc1. The molecular formula is C24H25NO5. The molecule has 0 N–H and O–H groups in total. The maximum Gasteiger partial charge on any atom is 0.329 e. The molecule has 2 amide bonds. The van der Waals surface area contributed by atoms with E-state index in [1.54, 1.807) is 12.1 Å². The van der Waals surface area contributed by atoms with Crippen LogP contribution in [0.3, 0.4) is 0 Å². The summed E-state index contributed by atoms with van der Waals surface area (Å²) in [6.07, 6.45) is 4.29. The van der Waals surface area contributed by atoms with Crippen molar-refractivity contribution in [1.29, 1.82) is 0 Å². The summed E-state index contributed by atoms with van der Waals surface area (Å²) in [4.78, 5) is 52.6. The zero-order valence-corrected chi connectivity index (χ0v) is 17.3. The largest absolute Gasteiger partial charge is 0.453 e. The first-order chi connectivity index (χ1) is 14.3. The van der Waals surface area contributed by atoms with Crippen molar-refractivity contribution in [2.24, 2.45) is 35.5 Å². The van der Waals surface area contributed by atoms with Crippen molar-refractivity contribution in [3.05, 3.63) is 47.5 Å². The minimum Gasteiger partial charge on any atom is -0.453 e. The third-order valence-corrected chi connectivity index (χ3v) is 7.42. The molecule has 6 nitrogen and oxygen atoms in total. The van der Waals surface area contributed by atoms with Gasteiger partial charge in [0, 0.05) is 5.56 Å². The van der Waals surface area contributed by atoms with Gasteiger partial charge < -0.3 is 4.74 Å². The lowest BCUT2D eigenvalue weighted by Gasteiger charge is -2.37. The number of imide groups is 1. The Bertz CT molecular complexity index is 944. The normalized spacial score (nSPS) is 35.0. The molecule has 4 aliphatic carbocycles. The van der Waals surface area contributed by atoms with Crippen molar-refractivity contribution >= 4 is 23.6 Å². The number of ketones is 1. The Kier molecular flexibility index (Phi) is 4.24. The molecule has 0 radical (unpaired) electrons. The van der Waals surface area contributed by atoms with Crippen LogP contribution >= 0.6 is 0 Å². The second kappa shape index (κ2) is 6.62. The number of likely N-dealkylation sites (tertiary alicyclic amines) is 1. The van der Waals surface area contributed by atoms with Gasteiger partial charge in [0.1, 0.15) is 6.04 Å². The number of allylic oxidation sites excluding steroid dienone is 2. The Labute approximate surface area is 175 Å². The minimum atomic E-state index is -1.04. The fourth-order valence-corrected chi connectivity index (χ4v) is 5.75. The van der Waals surface area contributed by atoms with Crippen LogP contribution in [-0.4, -0.2) is 40.6 Å². The van der Waals surface area contributed by atoms with Gasteiger partial charge in [-0.25, -0.2) is 4.79 Å². The van der Waals surface area contributed by atoms with Crippen molar-refractivity contribution in [3.8, 4) is 0 Å². The van der Waals surface area contributed by atoms with Gasteiger partial charge in [-0.3, -0.25) is 19.3 Å². The van der Waals surface area contributed by atoms with Crippen LogP contribution < -0.4 is 0 Å². The number of ether oxygens (including phenoxy) is 1. The number of benzene rings is 1. The van der Waals surface area contributed by atoms with Crippen LogP contribution in [0.4, 0.5) is 0 Å². The van der Waals surface area contributed by atoms with E-state index in [9.17, 15) is 19.2 Å². The maximum atomic E-state index is 13.1. The van der Waals surface area contributed by atoms with Crippen LogP contribution in [-0.2, 0) is 19.1 Å². The summed E-state index contributed by atoms with van der Waals surface area (Å²) in [6.45, 7) is 4.94. The molecule has 6 heteroatoms. The van der Waals surface area contributed by atoms with E-state index in [4.69, 9.17) is 4.74 Å². The number of carbonyl (C=O) groups excluding carboxylic acids is 4. The van der Waals surface area contributed by atoms with E-state index in [0.29, 0.717) is 17.4 Å². The summed E-state index contributed by atoms with van der Waals surface area (Å²) < 4.78 is 5.37. The zero-order chi connectivity index (χ0) is 21.3. The van der Waals surface area contributed by atoms with E-state index < -0.39 is 18.1 Å². The summed E-state index contributed by atoms with van der Waals surface area (Å²) in [5.74, 6) is -1.04. The summed E-state index contributed by atoms with van der Waals surface area (Å²) in [6, 6.07) is 5.98. The van der Waals surface area contributed by atoms with Crippen molar-refractivity contribution in [1.82, 2.24) is 4.90 Å². The summed E-state index contributed by atoms with van der Waals surface area (Å²) >= 11 is 0. The molecule has 6 rings (SSSR count). The number of nitrogens with zero attached hydrogens (tertiary/aromatic N) is 1. The molecule has 1 saturated heterocycles. The number of esters is 1. The average molecular weight is 407 g/mol. The first kappa shape index (κ1) is 19.2. The van der Waals surface area contributed by atoms with Gasteiger partial charge in [-0.2, -0.15) is 0 Å². The van der Waals surface area contributed by atoms with E-state index in [-0.39, 0.29) is 41.3 Å². The number of aryl methyl sites for hydroxylation is 1. The van der Waals surface area contributed by atoms with Gasteiger partial charge in [0.2, 0.25) is 17.6 Å². The standard InChI is InChI=1S/C24H25NO5/c1-11-4-6-14(7-5-11)21(26)13(3)30-24(29)12(2)25-22(27)19-15-8-9-16(18-10-17(15)18)20(19)23(25)28/h4-9,12-13,15-20H,10H2,1-3H3/t12-,13+,15+,16+,17+,18+,19-,20+/m0/s1. The van der Waals surface area contributed by atoms with Crippen LogP contribution in [0.2, 0.25) is 0 Å². The third kappa shape index (κ3) is 2.69. The molecule has 156 valence electrons. The van der Waals surface area contributed by atoms with E-state index in [1.807, 2.05) is 19.1 Å².